The number of carbonyl (C=O) groups is 1. The van der Waals surface area contributed by atoms with E-state index in [1.807, 2.05) is 12.1 Å². The van der Waals surface area contributed by atoms with Gasteiger partial charge in [-0.15, -0.1) is 0 Å². The molecule has 1 aliphatic heterocycles. The van der Waals surface area contributed by atoms with Gasteiger partial charge in [-0.05, 0) is 49.2 Å². The molecule has 3 aromatic rings. The largest absolute Gasteiger partial charge is 0.339 e. The Morgan fingerprint density at radius 2 is 1.93 bits per heavy atom. The molecule has 2 aromatic carbocycles. The Balaban J connectivity index is 1.45. The summed E-state index contributed by atoms with van der Waals surface area (Å²) in [5, 5.41) is 8.25. The van der Waals surface area contributed by atoms with Crippen molar-refractivity contribution in [2.45, 2.75) is 18.8 Å². The maximum atomic E-state index is 12.7. The molecule has 2 amide bonds. The Morgan fingerprint density at radius 3 is 2.72 bits per heavy atom. The summed E-state index contributed by atoms with van der Waals surface area (Å²) in [6.07, 6.45) is 1.70. The summed E-state index contributed by atoms with van der Waals surface area (Å²) in [5.41, 5.74) is 1.31. The second-order valence-corrected chi connectivity index (χ2v) is 8.00. The van der Waals surface area contributed by atoms with Crippen LogP contribution in [0.15, 0.2) is 47.0 Å². The van der Waals surface area contributed by atoms with Crippen LogP contribution in [-0.2, 0) is 0 Å². The number of hydrogen-bond donors (Lipinski definition) is 1. The van der Waals surface area contributed by atoms with E-state index in [0.717, 1.165) is 18.4 Å². The average Bonchev–Trinajstić information content (AvgIpc) is 3.22. The smallest absolute Gasteiger partial charge is 0.321 e. The number of nitrogens with zero attached hydrogens (tertiary/aromatic N) is 3. The maximum absolute atomic E-state index is 12.7. The molecule has 150 valence electrons. The van der Waals surface area contributed by atoms with Crippen molar-refractivity contribution in [3.63, 3.8) is 0 Å². The molecule has 9 heteroatoms. The fraction of sp³-hybridized carbons (Fsp3) is 0.250. The van der Waals surface area contributed by atoms with Crippen molar-refractivity contribution in [3.8, 4) is 11.4 Å². The van der Waals surface area contributed by atoms with E-state index in [2.05, 4.69) is 15.5 Å². The van der Waals surface area contributed by atoms with Crippen LogP contribution < -0.4 is 5.32 Å². The summed E-state index contributed by atoms with van der Waals surface area (Å²) in [6.45, 7) is 1.12. The highest BCUT2D eigenvalue weighted by Gasteiger charge is 2.29. The predicted octanol–water partition coefficient (Wildman–Crippen LogP) is 6.11. The van der Waals surface area contributed by atoms with Crippen LogP contribution >= 0.6 is 34.8 Å². The lowest BCUT2D eigenvalue weighted by atomic mass is 9.98. The van der Waals surface area contributed by atoms with Gasteiger partial charge in [0, 0.05) is 23.7 Å². The van der Waals surface area contributed by atoms with Crippen molar-refractivity contribution in [2.24, 2.45) is 0 Å². The van der Waals surface area contributed by atoms with E-state index in [0.29, 0.717) is 45.6 Å². The highest BCUT2D eigenvalue weighted by atomic mass is 35.5. The number of likely N-dealkylation sites (tertiary alicyclic amines) is 1. The lowest BCUT2D eigenvalue weighted by Gasteiger charge is -2.31. The summed E-state index contributed by atoms with van der Waals surface area (Å²) < 4.78 is 5.48. The van der Waals surface area contributed by atoms with E-state index >= 15 is 0 Å². The molecule has 1 aliphatic rings. The van der Waals surface area contributed by atoms with Crippen molar-refractivity contribution in [1.82, 2.24) is 15.0 Å². The van der Waals surface area contributed by atoms with Crippen molar-refractivity contribution in [2.75, 3.05) is 18.4 Å². The van der Waals surface area contributed by atoms with Gasteiger partial charge in [-0.3, -0.25) is 0 Å². The Morgan fingerprint density at radius 1 is 1.14 bits per heavy atom. The molecular formula is C20H17Cl3N4O2. The van der Waals surface area contributed by atoms with Gasteiger partial charge < -0.3 is 14.7 Å². The first-order chi connectivity index (χ1) is 14.0. The van der Waals surface area contributed by atoms with E-state index in [-0.39, 0.29) is 11.9 Å². The topological polar surface area (TPSA) is 71.3 Å². The normalized spacial score (nSPS) is 16.7. The molecule has 0 spiro atoms. The third-order valence-corrected chi connectivity index (χ3v) is 5.87. The average molecular weight is 452 g/mol. The van der Waals surface area contributed by atoms with Gasteiger partial charge in [-0.2, -0.15) is 4.98 Å². The number of benzene rings is 2. The molecule has 1 unspecified atom stereocenters. The summed E-state index contributed by atoms with van der Waals surface area (Å²) in [6, 6.07) is 12.1. The van der Waals surface area contributed by atoms with Crippen LogP contribution in [0.25, 0.3) is 11.4 Å². The van der Waals surface area contributed by atoms with Crippen molar-refractivity contribution in [1.29, 1.82) is 0 Å². The molecule has 1 aromatic heterocycles. The minimum atomic E-state index is -0.240. The molecule has 0 bridgehead atoms. The molecule has 2 heterocycles. The molecule has 0 aliphatic carbocycles. The van der Waals surface area contributed by atoms with Crippen LogP contribution in [0.5, 0.6) is 0 Å². The first-order valence-electron chi connectivity index (χ1n) is 9.11. The van der Waals surface area contributed by atoms with Gasteiger partial charge in [0.05, 0.1) is 21.7 Å². The van der Waals surface area contributed by atoms with Crippen molar-refractivity contribution in [3.05, 3.63) is 63.4 Å². The molecule has 6 nitrogen and oxygen atoms in total. The minimum Gasteiger partial charge on any atom is -0.339 e. The second-order valence-electron chi connectivity index (χ2n) is 6.78. The monoisotopic (exact) mass is 450 g/mol. The molecule has 1 atom stereocenters. The number of halogens is 3. The number of carbonyl (C=O) groups excluding carboxylic acids is 1. The molecule has 1 N–H and O–H groups in total. The fourth-order valence-electron chi connectivity index (χ4n) is 3.28. The SMILES string of the molecule is O=C(Nc1cccc(Cl)c1Cl)N1CCCC(c2nc(-c3ccc(Cl)cc3)no2)C1. The second kappa shape index (κ2) is 8.61. The molecule has 29 heavy (non-hydrogen) atoms. The molecule has 1 fully saturated rings. The lowest BCUT2D eigenvalue weighted by Crippen LogP contribution is -2.41. The van der Waals surface area contributed by atoms with Crippen LogP contribution in [0.1, 0.15) is 24.7 Å². The highest BCUT2D eigenvalue weighted by molar-refractivity contribution is 6.43. The zero-order valence-corrected chi connectivity index (χ0v) is 17.5. The molecular weight excluding hydrogens is 435 g/mol. The first-order valence-corrected chi connectivity index (χ1v) is 10.2. The van der Waals surface area contributed by atoms with Crippen LogP contribution in [-0.4, -0.2) is 34.2 Å². The number of piperidine rings is 1. The first kappa shape index (κ1) is 20.0. The molecule has 0 saturated carbocycles. The zero-order valence-electron chi connectivity index (χ0n) is 15.2. The van der Waals surface area contributed by atoms with Gasteiger partial charge in [-0.25, -0.2) is 4.79 Å². The van der Waals surface area contributed by atoms with Crippen LogP contribution in [0.4, 0.5) is 10.5 Å². The number of amides is 2. The van der Waals surface area contributed by atoms with Crippen LogP contribution in [0.2, 0.25) is 15.1 Å². The molecule has 4 rings (SSSR count). The number of anilines is 1. The summed E-state index contributed by atoms with van der Waals surface area (Å²) in [5.74, 6) is 0.995. The van der Waals surface area contributed by atoms with Gasteiger partial charge in [-0.1, -0.05) is 46.0 Å². The van der Waals surface area contributed by atoms with Crippen molar-refractivity contribution >= 4 is 46.5 Å². The molecule has 0 radical (unpaired) electrons. The van der Waals surface area contributed by atoms with Gasteiger partial charge in [0.1, 0.15) is 0 Å². The number of hydrogen-bond acceptors (Lipinski definition) is 4. The molecule has 1 saturated heterocycles. The summed E-state index contributed by atoms with van der Waals surface area (Å²) >= 11 is 18.1. The van der Waals surface area contributed by atoms with Gasteiger partial charge >= 0.3 is 6.03 Å². The minimum absolute atomic E-state index is 0.0297. The number of nitrogens with one attached hydrogen (secondary N) is 1. The van der Waals surface area contributed by atoms with Gasteiger partial charge in [0.15, 0.2) is 0 Å². The highest BCUT2D eigenvalue weighted by Crippen LogP contribution is 2.31. The number of urea groups is 1. The fourth-order valence-corrected chi connectivity index (χ4v) is 3.75. The standard InChI is InChI=1S/C20H17Cl3N4O2/c21-14-8-6-12(7-9-14)18-25-19(29-26-18)13-3-2-10-27(11-13)20(28)24-16-5-1-4-15(22)17(16)23/h1,4-9,13H,2-3,10-11H2,(H,24,28). The quantitative estimate of drug-likeness (QED) is 0.521. The Kier molecular flexibility index (Phi) is 5.94. The lowest BCUT2D eigenvalue weighted by molar-refractivity contribution is 0.184. The van der Waals surface area contributed by atoms with Crippen LogP contribution in [0.3, 0.4) is 0 Å². The predicted molar refractivity (Wildman–Crippen MR) is 114 cm³/mol. The van der Waals surface area contributed by atoms with E-state index in [1.54, 1.807) is 35.2 Å². The van der Waals surface area contributed by atoms with Gasteiger partial charge in [0.25, 0.3) is 0 Å². The van der Waals surface area contributed by atoms with E-state index in [1.165, 1.54) is 0 Å². The zero-order chi connectivity index (χ0) is 20.4. The van der Waals surface area contributed by atoms with E-state index in [4.69, 9.17) is 39.3 Å². The number of rotatable bonds is 3. The third kappa shape index (κ3) is 4.50. The third-order valence-electron chi connectivity index (χ3n) is 4.80. The summed E-state index contributed by atoms with van der Waals surface area (Å²) in [7, 11) is 0. The summed E-state index contributed by atoms with van der Waals surface area (Å²) in [4.78, 5) is 18.9. The van der Waals surface area contributed by atoms with E-state index < -0.39 is 0 Å². The number of aromatic nitrogens is 2. The Bertz CT molecular complexity index is 1020. The maximum Gasteiger partial charge on any atom is 0.321 e. The Hall–Kier alpha value is -2.28. The van der Waals surface area contributed by atoms with E-state index in [9.17, 15) is 4.79 Å². The van der Waals surface area contributed by atoms with Gasteiger partial charge in [0.2, 0.25) is 11.7 Å². The Labute approximate surface area is 182 Å². The van der Waals surface area contributed by atoms with Crippen molar-refractivity contribution < 1.29 is 9.32 Å². The van der Waals surface area contributed by atoms with Crippen LogP contribution in [0, 0.1) is 0 Å².